The molecular weight excluding hydrogens is 244 g/mol. The number of benzene rings is 2. The standard InChI is InChI=1S/C15H17ClN2/c1-18-15(11-6-8-13(16)9-7-11)10-12-4-2-3-5-14(12)17/h2-9,15,18H,10,17H2,1H3/t15-/m1/s1. The summed E-state index contributed by atoms with van der Waals surface area (Å²) in [5.41, 5.74) is 9.19. The SMILES string of the molecule is CN[C@H](Cc1ccccc1N)c1ccc(Cl)cc1. The highest BCUT2D eigenvalue weighted by Crippen LogP contribution is 2.22. The highest BCUT2D eigenvalue weighted by Gasteiger charge is 2.11. The maximum Gasteiger partial charge on any atom is 0.0406 e. The van der Waals surface area contributed by atoms with E-state index in [-0.39, 0.29) is 6.04 Å². The zero-order chi connectivity index (χ0) is 13.0. The van der Waals surface area contributed by atoms with Gasteiger partial charge in [-0.3, -0.25) is 0 Å². The van der Waals surface area contributed by atoms with Crippen LogP contribution in [0.15, 0.2) is 48.5 Å². The molecule has 0 amide bonds. The number of hydrogen-bond acceptors (Lipinski definition) is 2. The zero-order valence-electron chi connectivity index (χ0n) is 10.4. The average molecular weight is 261 g/mol. The van der Waals surface area contributed by atoms with Crippen molar-refractivity contribution in [2.24, 2.45) is 0 Å². The highest BCUT2D eigenvalue weighted by molar-refractivity contribution is 6.30. The van der Waals surface area contributed by atoms with E-state index in [9.17, 15) is 0 Å². The Morgan fingerprint density at radius 2 is 1.78 bits per heavy atom. The third kappa shape index (κ3) is 3.03. The first kappa shape index (κ1) is 12.9. The normalized spacial score (nSPS) is 12.3. The van der Waals surface area contributed by atoms with Gasteiger partial charge in [0, 0.05) is 16.8 Å². The second-order valence-electron chi connectivity index (χ2n) is 4.30. The van der Waals surface area contributed by atoms with Crippen molar-refractivity contribution in [3.8, 4) is 0 Å². The molecule has 0 aliphatic carbocycles. The summed E-state index contributed by atoms with van der Waals surface area (Å²) in [6.07, 6.45) is 0.866. The summed E-state index contributed by atoms with van der Waals surface area (Å²) in [5.74, 6) is 0. The Kier molecular flexibility index (Phi) is 4.24. The number of hydrogen-bond donors (Lipinski definition) is 2. The van der Waals surface area contributed by atoms with E-state index in [4.69, 9.17) is 17.3 Å². The predicted molar refractivity (Wildman–Crippen MR) is 77.8 cm³/mol. The molecule has 0 bridgehead atoms. The van der Waals surface area contributed by atoms with E-state index in [1.807, 2.05) is 49.5 Å². The fraction of sp³-hybridized carbons (Fsp3) is 0.200. The maximum atomic E-state index is 5.98. The van der Waals surface area contributed by atoms with Crippen LogP contribution in [0.5, 0.6) is 0 Å². The fourth-order valence-electron chi connectivity index (χ4n) is 2.02. The van der Waals surface area contributed by atoms with E-state index in [2.05, 4.69) is 11.4 Å². The van der Waals surface area contributed by atoms with Crippen LogP contribution in [0.25, 0.3) is 0 Å². The molecule has 1 atom stereocenters. The quantitative estimate of drug-likeness (QED) is 0.827. The number of anilines is 1. The van der Waals surface area contributed by atoms with Crippen molar-refractivity contribution in [1.29, 1.82) is 0 Å². The van der Waals surface area contributed by atoms with Crippen LogP contribution in [-0.4, -0.2) is 7.05 Å². The van der Waals surface area contributed by atoms with Crippen molar-refractivity contribution in [3.63, 3.8) is 0 Å². The Morgan fingerprint density at radius 3 is 2.39 bits per heavy atom. The first-order chi connectivity index (χ1) is 8.70. The summed E-state index contributed by atoms with van der Waals surface area (Å²) >= 11 is 5.90. The summed E-state index contributed by atoms with van der Waals surface area (Å²) in [6.45, 7) is 0. The van der Waals surface area contributed by atoms with Gasteiger partial charge in [-0.25, -0.2) is 0 Å². The van der Waals surface area contributed by atoms with Gasteiger partial charge in [-0.2, -0.15) is 0 Å². The Labute approximate surface area is 113 Å². The average Bonchev–Trinajstić information content (AvgIpc) is 2.39. The highest BCUT2D eigenvalue weighted by atomic mass is 35.5. The minimum atomic E-state index is 0.243. The molecule has 2 aromatic carbocycles. The van der Waals surface area contributed by atoms with E-state index >= 15 is 0 Å². The lowest BCUT2D eigenvalue weighted by molar-refractivity contribution is 0.593. The van der Waals surface area contributed by atoms with Gasteiger partial charge in [-0.15, -0.1) is 0 Å². The molecule has 94 valence electrons. The molecule has 18 heavy (non-hydrogen) atoms. The number of para-hydroxylation sites is 1. The van der Waals surface area contributed by atoms with Crippen LogP contribution in [0.2, 0.25) is 5.02 Å². The van der Waals surface area contributed by atoms with Crippen molar-refractivity contribution in [2.75, 3.05) is 12.8 Å². The first-order valence-electron chi connectivity index (χ1n) is 5.97. The van der Waals surface area contributed by atoms with Gasteiger partial charge in [0.05, 0.1) is 0 Å². The second kappa shape index (κ2) is 5.89. The van der Waals surface area contributed by atoms with Gasteiger partial charge in [0.2, 0.25) is 0 Å². The van der Waals surface area contributed by atoms with Crippen molar-refractivity contribution in [3.05, 3.63) is 64.7 Å². The molecule has 0 unspecified atom stereocenters. The van der Waals surface area contributed by atoms with E-state index in [1.54, 1.807) is 0 Å². The lowest BCUT2D eigenvalue weighted by Crippen LogP contribution is -2.19. The van der Waals surface area contributed by atoms with Crippen LogP contribution in [0, 0.1) is 0 Å². The third-order valence-corrected chi connectivity index (χ3v) is 3.35. The smallest absolute Gasteiger partial charge is 0.0406 e. The molecule has 0 radical (unpaired) electrons. The van der Waals surface area contributed by atoms with Gasteiger partial charge in [0.1, 0.15) is 0 Å². The lowest BCUT2D eigenvalue weighted by Gasteiger charge is -2.18. The Morgan fingerprint density at radius 1 is 1.11 bits per heavy atom. The van der Waals surface area contributed by atoms with Crippen molar-refractivity contribution in [1.82, 2.24) is 5.32 Å². The zero-order valence-corrected chi connectivity index (χ0v) is 11.1. The topological polar surface area (TPSA) is 38.0 Å². The molecule has 0 fully saturated rings. The molecule has 0 saturated carbocycles. The van der Waals surface area contributed by atoms with Crippen molar-refractivity contribution in [2.45, 2.75) is 12.5 Å². The predicted octanol–water partition coefficient (Wildman–Crippen LogP) is 3.43. The van der Waals surface area contributed by atoms with Crippen molar-refractivity contribution >= 4 is 17.3 Å². The van der Waals surface area contributed by atoms with Gasteiger partial charge >= 0.3 is 0 Å². The molecule has 2 aromatic rings. The summed E-state index contributed by atoms with van der Waals surface area (Å²) in [4.78, 5) is 0. The summed E-state index contributed by atoms with van der Waals surface area (Å²) in [7, 11) is 1.96. The van der Waals surface area contributed by atoms with Crippen LogP contribution < -0.4 is 11.1 Å². The van der Waals surface area contributed by atoms with Crippen LogP contribution in [0.3, 0.4) is 0 Å². The number of halogens is 1. The number of likely N-dealkylation sites (N-methyl/N-ethyl adjacent to an activating group) is 1. The molecule has 3 heteroatoms. The summed E-state index contributed by atoms with van der Waals surface area (Å²) in [5, 5.41) is 4.07. The van der Waals surface area contributed by atoms with Gasteiger partial charge in [0.25, 0.3) is 0 Å². The van der Waals surface area contributed by atoms with E-state index in [1.165, 1.54) is 5.56 Å². The summed E-state index contributed by atoms with van der Waals surface area (Å²) in [6, 6.07) is 16.1. The molecule has 0 aliphatic rings. The number of nitrogens with two attached hydrogens (primary N) is 1. The third-order valence-electron chi connectivity index (χ3n) is 3.10. The van der Waals surface area contributed by atoms with Gasteiger partial charge in [0.15, 0.2) is 0 Å². The minimum absolute atomic E-state index is 0.243. The molecule has 0 aromatic heterocycles. The molecule has 0 heterocycles. The summed E-state index contributed by atoms with van der Waals surface area (Å²) < 4.78 is 0. The van der Waals surface area contributed by atoms with E-state index < -0.39 is 0 Å². The van der Waals surface area contributed by atoms with Gasteiger partial charge in [-0.1, -0.05) is 41.9 Å². The van der Waals surface area contributed by atoms with Crippen LogP contribution in [0.1, 0.15) is 17.2 Å². The minimum Gasteiger partial charge on any atom is -0.399 e. The molecule has 0 spiro atoms. The Bertz CT molecular complexity index is 508. The molecule has 2 nitrogen and oxygen atoms in total. The van der Waals surface area contributed by atoms with Gasteiger partial charge < -0.3 is 11.1 Å². The van der Waals surface area contributed by atoms with Crippen LogP contribution >= 0.6 is 11.6 Å². The largest absolute Gasteiger partial charge is 0.399 e. The number of nitrogens with one attached hydrogen (secondary N) is 1. The van der Waals surface area contributed by atoms with Crippen LogP contribution in [-0.2, 0) is 6.42 Å². The van der Waals surface area contributed by atoms with E-state index in [0.717, 1.165) is 22.7 Å². The lowest BCUT2D eigenvalue weighted by atomic mass is 9.98. The van der Waals surface area contributed by atoms with Crippen molar-refractivity contribution < 1.29 is 0 Å². The monoisotopic (exact) mass is 260 g/mol. The van der Waals surface area contributed by atoms with E-state index in [0.29, 0.717) is 0 Å². The number of nitrogen functional groups attached to an aromatic ring is 1. The Balaban J connectivity index is 2.20. The molecule has 2 rings (SSSR count). The maximum absolute atomic E-state index is 5.98. The molecular formula is C15H17ClN2. The molecule has 3 N–H and O–H groups in total. The molecule has 0 saturated heterocycles. The number of rotatable bonds is 4. The van der Waals surface area contributed by atoms with Crippen LogP contribution in [0.4, 0.5) is 5.69 Å². The fourth-order valence-corrected chi connectivity index (χ4v) is 2.15. The second-order valence-corrected chi connectivity index (χ2v) is 4.73. The molecule has 0 aliphatic heterocycles. The first-order valence-corrected chi connectivity index (χ1v) is 6.34. The van der Waals surface area contributed by atoms with Gasteiger partial charge in [-0.05, 0) is 42.8 Å². The Hall–Kier alpha value is -1.51.